The molecule has 0 radical (unpaired) electrons. The maximum absolute atomic E-state index is 9.59. The summed E-state index contributed by atoms with van der Waals surface area (Å²) in [6.45, 7) is 0.574. The summed E-state index contributed by atoms with van der Waals surface area (Å²) in [7, 11) is 0. The van der Waals surface area contributed by atoms with Crippen molar-refractivity contribution in [2.75, 3.05) is 6.54 Å². The van der Waals surface area contributed by atoms with Crippen molar-refractivity contribution in [3.8, 4) is 0 Å². The van der Waals surface area contributed by atoms with E-state index in [2.05, 4.69) is 6.08 Å². The summed E-state index contributed by atoms with van der Waals surface area (Å²) >= 11 is 0. The second kappa shape index (κ2) is 3.24. The molecule has 80 valence electrons. The number of nitrogens with two attached hydrogens (primary N) is 1. The van der Waals surface area contributed by atoms with Crippen molar-refractivity contribution < 1.29 is 5.11 Å². The molecule has 4 atom stereocenters. The minimum atomic E-state index is 0.388. The van der Waals surface area contributed by atoms with Crippen LogP contribution in [0.3, 0.4) is 0 Å². The van der Waals surface area contributed by atoms with Crippen LogP contribution in [0.1, 0.15) is 12.8 Å². The van der Waals surface area contributed by atoms with E-state index in [9.17, 15) is 5.11 Å². The van der Waals surface area contributed by atoms with Crippen LogP contribution in [-0.4, -0.2) is 11.7 Å². The zero-order valence-corrected chi connectivity index (χ0v) is 8.76. The predicted molar refractivity (Wildman–Crippen MR) is 60.2 cm³/mol. The van der Waals surface area contributed by atoms with Gasteiger partial charge in [0.15, 0.2) is 0 Å². The van der Waals surface area contributed by atoms with E-state index in [1.165, 1.54) is 6.42 Å². The number of rotatable bonds is 1. The van der Waals surface area contributed by atoms with Gasteiger partial charge in [0, 0.05) is 6.54 Å². The van der Waals surface area contributed by atoms with E-state index in [1.807, 2.05) is 12.2 Å². The van der Waals surface area contributed by atoms with Gasteiger partial charge in [-0.3, -0.25) is 0 Å². The number of aliphatic hydroxyl groups excluding tert-OH is 1. The van der Waals surface area contributed by atoms with E-state index in [-0.39, 0.29) is 0 Å². The molecular weight excluding hydrogens is 186 g/mol. The first-order valence-corrected chi connectivity index (χ1v) is 5.77. The Morgan fingerprint density at radius 1 is 1.27 bits per heavy atom. The van der Waals surface area contributed by atoms with Gasteiger partial charge in [-0.1, -0.05) is 12.2 Å². The minimum absolute atomic E-state index is 0.388. The Bertz CT molecular complexity index is 367. The Morgan fingerprint density at radius 2 is 2.13 bits per heavy atom. The first-order chi connectivity index (χ1) is 7.29. The highest BCUT2D eigenvalue weighted by atomic mass is 16.3. The molecule has 0 heterocycles. The van der Waals surface area contributed by atoms with E-state index in [1.54, 1.807) is 6.08 Å². The van der Waals surface area contributed by atoms with Crippen molar-refractivity contribution in [3.63, 3.8) is 0 Å². The fraction of sp³-hybridized carbons (Fsp3) is 0.538. The zero-order chi connectivity index (χ0) is 10.4. The van der Waals surface area contributed by atoms with Gasteiger partial charge in [-0.25, -0.2) is 0 Å². The summed E-state index contributed by atoms with van der Waals surface area (Å²) in [6, 6.07) is 0. The van der Waals surface area contributed by atoms with Gasteiger partial charge in [0.2, 0.25) is 0 Å². The lowest BCUT2D eigenvalue weighted by atomic mass is 9.71. The van der Waals surface area contributed by atoms with E-state index in [0.717, 1.165) is 35.7 Å². The van der Waals surface area contributed by atoms with E-state index in [0.29, 0.717) is 12.3 Å². The molecule has 3 aliphatic carbocycles. The van der Waals surface area contributed by atoms with E-state index < -0.39 is 0 Å². The van der Waals surface area contributed by atoms with Crippen molar-refractivity contribution in [3.05, 3.63) is 35.6 Å². The summed E-state index contributed by atoms with van der Waals surface area (Å²) in [4.78, 5) is 0. The van der Waals surface area contributed by atoms with Gasteiger partial charge in [-0.05, 0) is 54.2 Å². The number of fused-ring (bicyclic) bond motifs is 4. The molecule has 2 fully saturated rings. The fourth-order valence-corrected chi connectivity index (χ4v) is 3.16. The summed E-state index contributed by atoms with van der Waals surface area (Å²) < 4.78 is 0. The van der Waals surface area contributed by atoms with E-state index in [4.69, 9.17) is 5.73 Å². The van der Waals surface area contributed by atoms with Crippen LogP contribution in [0.25, 0.3) is 0 Å². The van der Waals surface area contributed by atoms with Crippen molar-refractivity contribution in [1.82, 2.24) is 0 Å². The average Bonchev–Trinajstić information content (AvgIpc) is 2.92. The third-order valence-corrected chi connectivity index (χ3v) is 4.14. The van der Waals surface area contributed by atoms with Gasteiger partial charge in [0.05, 0.1) is 0 Å². The Kier molecular flexibility index (Phi) is 1.99. The third-order valence-electron chi connectivity index (χ3n) is 4.14. The lowest BCUT2D eigenvalue weighted by molar-refractivity contribution is 0.203. The maximum Gasteiger partial charge on any atom is 0.111 e. The van der Waals surface area contributed by atoms with Crippen LogP contribution >= 0.6 is 0 Å². The number of hydrogen-bond donors (Lipinski definition) is 2. The van der Waals surface area contributed by atoms with Gasteiger partial charge in [0.25, 0.3) is 0 Å². The van der Waals surface area contributed by atoms with Crippen LogP contribution in [-0.2, 0) is 0 Å². The maximum atomic E-state index is 9.59. The molecule has 0 aromatic heterocycles. The third kappa shape index (κ3) is 1.44. The van der Waals surface area contributed by atoms with Crippen LogP contribution in [0, 0.1) is 23.7 Å². The molecule has 0 aromatic rings. The van der Waals surface area contributed by atoms with Gasteiger partial charge in [0.1, 0.15) is 5.76 Å². The van der Waals surface area contributed by atoms with Crippen molar-refractivity contribution >= 4 is 0 Å². The molecule has 4 unspecified atom stereocenters. The quantitative estimate of drug-likeness (QED) is 0.686. The Balaban J connectivity index is 1.89. The predicted octanol–water partition coefficient (Wildman–Crippen LogP) is 2.16. The fourth-order valence-electron chi connectivity index (χ4n) is 3.16. The SMILES string of the molecule is NCC1=C/C2C(C\C=C(O)/C=C\1)C1CC21. The zero-order valence-electron chi connectivity index (χ0n) is 8.76. The Morgan fingerprint density at radius 3 is 2.93 bits per heavy atom. The highest BCUT2D eigenvalue weighted by Gasteiger charge is 2.59. The smallest absolute Gasteiger partial charge is 0.111 e. The number of hydrogen-bond acceptors (Lipinski definition) is 2. The molecule has 3 N–H and O–H groups in total. The topological polar surface area (TPSA) is 46.2 Å². The molecule has 0 bridgehead atoms. The van der Waals surface area contributed by atoms with Crippen LogP contribution in [0.2, 0.25) is 0 Å². The molecule has 0 aliphatic heterocycles. The number of allylic oxidation sites excluding steroid dienone is 3. The molecule has 0 aromatic carbocycles. The first-order valence-electron chi connectivity index (χ1n) is 5.77. The highest BCUT2D eigenvalue weighted by Crippen LogP contribution is 2.65. The number of aliphatic hydroxyl groups is 1. The average molecular weight is 203 g/mol. The molecule has 2 heteroatoms. The van der Waals surface area contributed by atoms with Gasteiger partial charge in [-0.2, -0.15) is 0 Å². The second-order valence-electron chi connectivity index (χ2n) is 4.95. The van der Waals surface area contributed by atoms with Crippen LogP contribution in [0.15, 0.2) is 35.6 Å². The molecule has 0 spiro atoms. The summed E-state index contributed by atoms with van der Waals surface area (Å²) in [5, 5.41) is 9.59. The van der Waals surface area contributed by atoms with Gasteiger partial charge in [-0.15, -0.1) is 0 Å². The van der Waals surface area contributed by atoms with Crippen LogP contribution < -0.4 is 5.73 Å². The summed E-state index contributed by atoms with van der Waals surface area (Å²) in [5.74, 6) is 3.74. The molecule has 15 heavy (non-hydrogen) atoms. The van der Waals surface area contributed by atoms with Crippen LogP contribution in [0.4, 0.5) is 0 Å². The Labute approximate surface area is 90.2 Å². The summed E-state index contributed by atoms with van der Waals surface area (Å²) in [6.07, 6.45) is 10.4. The molecule has 2 saturated carbocycles. The molecule has 0 amide bonds. The highest BCUT2D eigenvalue weighted by molar-refractivity contribution is 5.31. The van der Waals surface area contributed by atoms with Crippen LogP contribution in [0.5, 0.6) is 0 Å². The lowest BCUT2D eigenvalue weighted by Crippen LogP contribution is -2.28. The molecular formula is C13H17NO. The Hall–Kier alpha value is -1.02. The summed E-state index contributed by atoms with van der Waals surface area (Å²) in [5.41, 5.74) is 6.85. The van der Waals surface area contributed by atoms with Crippen molar-refractivity contribution in [1.29, 1.82) is 0 Å². The second-order valence-corrected chi connectivity index (χ2v) is 4.95. The first kappa shape index (κ1) is 9.22. The van der Waals surface area contributed by atoms with Gasteiger partial charge >= 0.3 is 0 Å². The molecule has 0 saturated heterocycles. The largest absolute Gasteiger partial charge is 0.508 e. The van der Waals surface area contributed by atoms with Crippen molar-refractivity contribution in [2.24, 2.45) is 29.4 Å². The molecule has 3 aliphatic rings. The van der Waals surface area contributed by atoms with E-state index >= 15 is 0 Å². The molecule has 3 rings (SSSR count). The minimum Gasteiger partial charge on any atom is -0.508 e. The lowest BCUT2D eigenvalue weighted by Gasteiger charge is -2.33. The monoisotopic (exact) mass is 203 g/mol. The molecule has 2 nitrogen and oxygen atoms in total. The van der Waals surface area contributed by atoms with Gasteiger partial charge < -0.3 is 10.8 Å². The standard InChI is InChI=1S/C13H17NO/c14-7-8-1-2-9(15)3-4-10-11(5-8)13-6-12(10)13/h1-3,5,10-13,15H,4,6-7,14H2/b2-1-,8-5+,9-3+. The van der Waals surface area contributed by atoms with Crippen molar-refractivity contribution in [2.45, 2.75) is 12.8 Å². The normalized spacial score (nSPS) is 51.3.